The topological polar surface area (TPSA) is 68.0 Å². The fourth-order valence-electron chi connectivity index (χ4n) is 2.15. The van der Waals surface area contributed by atoms with Crippen LogP contribution in [0.2, 0.25) is 0 Å². The van der Waals surface area contributed by atoms with E-state index >= 15 is 0 Å². The number of thioether (sulfide) groups is 1. The Bertz CT molecular complexity index is 801. The summed E-state index contributed by atoms with van der Waals surface area (Å²) in [5.41, 5.74) is 2.86. The minimum atomic E-state index is -0.0164. The lowest BCUT2D eigenvalue weighted by atomic mass is 10.2. The predicted octanol–water partition coefficient (Wildman–Crippen LogP) is 3.92. The molecule has 2 aromatic heterocycles. The van der Waals surface area contributed by atoms with E-state index in [0.29, 0.717) is 11.6 Å². The van der Waals surface area contributed by atoms with Gasteiger partial charge in [-0.1, -0.05) is 0 Å². The zero-order valence-corrected chi connectivity index (χ0v) is 14.0. The summed E-state index contributed by atoms with van der Waals surface area (Å²) in [6, 6.07) is 11.4. The Labute approximate surface area is 144 Å². The van der Waals surface area contributed by atoms with Gasteiger partial charge in [-0.25, -0.2) is 4.98 Å². The van der Waals surface area contributed by atoms with Gasteiger partial charge in [0.1, 0.15) is 0 Å². The first-order valence-electron chi connectivity index (χ1n) is 7.50. The van der Waals surface area contributed by atoms with E-state index < -0.39 is 0 Å². The van der Waals surface area contributed by atoms with E-state index in [1.165, 1.54) is 0 Å². The molecule has 0 aliphatic heterocycles. The SMILES string of the molecule is Cc1ncc(-c2ccc(NC(=O)CSCc3ccncc3)cc2)o1. The number of aryl methyl sites for hydroxylation is 1. The molecule has 0 radical (unpaired) electrons. The predicted molar refractivity (Wildman–Crippen MR) is 95.7 cm³/mol. The second-order valence-electron chi connectivity index (χ2n) is 5.22. The molecule has 0 saturated heterocycles. The van der Waals surface area contributed by atoms with Crippen LogP contribution in [-0.2, 0) is 10.5 Å². The van der Waals surface area contributed by atoms with E-state index in [0.717, 1.165) is 28.3 Å². The van der Waals surface area contributed by atoms with E-state index in [9.17, 15) is 4.79 Å². The fourth-order valence-corrected chi connectivity index (χ4v) is 2.94. The van der Waals surface area contributed by atoms with Crippen LogP contribution in [0.4, 0.5) is 5.69 Å². The molecule has 0 atom stereocenters. The zero-order valence-electron chi connectivity index (χ0n) is 13.2. The number of nitrogens with zero attached hydrogens (tertiary/aromatic N) is 2. The Morgan fingerprint density at radius 3 is 2.58 bits per heavy atom. The van der Waals surface area contributed by atoms with Crippen LogP contribution in [0.15, 0.2) is 59.4 Å². The van der Waals surface area contributed by atoms with Crippen molar-refractivity contribution in [3.05, 3.63) is 66.4 Å². The third-order valence-corrected chi connectivity index (χ3v) is 4.33. The molecule has 0 saturated carbocycles. The van der Waals surface area contributed by atoms with Crippen molar-refractivity contribution in [1.29, 1.82) is 0 Å². The maximum absolute atomic E-state index is 12.0. The van der Waals surface area contributed by atoms with E-state index in [4.69, 9.17) is 4.42 Å². The number of carbonyl (C=O) groups excluding carboxylic acids is 1. The van der Waals surface area contributed by atoms with Gasteiger partial charge in [0, 0.05) is 36.3 Å². The van der Waals surface area contributed by atoms with Crippen LogP contribution in [0, 0.1) is 6.92 Å². The molecule has 1 amide bonds. The van der Waals surface area contributed by atoms with Gasteiger partial charge in [0.2, 0.25) is 5.91 Å². The van der Waals surface area contributed by atoms with Gasteiger partial charge in [0.05, 0.1) is 11.9 Å². The highest BCUT2D eigenvalue weighted by molar-refractivity contribution is 7.99. The number of nitrogens with one attached hydrogen (secondary N) is 1. The largest absolute Gasteiger partial charge is 0.441 e. The lowest BCUT2D eigenvalue weighted by Crippen LogP contribution is -2.14. The second kappa shape index (κ2) is 7.79. The first-order valence-corrected chi connectivity index (χ1v) is 8.65. The smallest absolute Gasteiger partial charge is 0.234 e. The van der Waals surface area contributed by atoms with Crippen LogP contribution in [0.3, 0.4) is 0 Å². The van der Waals surface area contributed by atoms with Crippen molar-refractivity contribution in [2.24, 2.45) is 0 Å². The number of carbonyl (C=O) groups is 1. The molecule has 0 aliphatic rings. The van der Waals surface area contributed by atoms with Crippen molar-refractivity contribution in [3.63, 3.8) is 0 Å². The Morgan fingerprint density at radius 2 is 1.92 bits per heavy atom. The maximum Gasteiger partial charge on any atom is 0.234 e. The number of rotatable bonds is 6. The number of anilines is 1. The van der Waals surface area contributed by atoms with Crippen LogP contribution in [0.1, 0.15) is 11.5 Å². The Hall–Kier alpha value is -2.60. The van der Waals surface area contributed by atoms with Crippen molar-refractivity contribution < 1.29 is 9.21 Å². The molecule has 1 aromatic carbocycles. The number of pyridine rings is 1. The Kier molecular flexibility index (Phi) is 5.28. The molecule has 0 unspecified atom stereocenters. The number of oxazole rings is 1. The average molecular weight is 339 g/mol. The van der Waals surface area contributed by atoms with E-state index in [-0.39, 0.29) is 5.91 Å². The molecule has 0 fully saturated rings. The molecular formula is C18H17N3O2S. The standard InChI is InChI=1S/C18H17N3O2S/c1-13-20-10-17(23-13)15-2-4-16(5-3-15)21-18(22)12-24-11-14-6-8-19-9-7-14/h2-10H,11-12H2,1H3,(H,21,22). The fraction of sp³-hybridized carbons (Fsp3) is 0.167. The summed E-state index contributed by atoms with van der Waals surface area (Å²) in [5, 5.41) is 2.89. The van der Waals surface area contributed by atoms with E-state index in [1.807, 2.05) is 43.3 Å². The van der Waals surface area contributed by atoms with Gasteiger partial charge in [0.25, 0.3) is 0 Å². The number of hydrogen-bond acceptors (Lipinski definition) is 5. The molecule has 3 aromatic rings. The zero-order chi connectivity index (χ0) is 16.8. The summed E-state index contributed by atoms with van der Waals surface area (Å²) in [6.45, 7) is 1.81. The van der Waals surface area contributed by atoms with Gasteiger partial charge in [-0.3, -0.25) is 9.78 Å². The van der Waals surface area contributed by atoms with Crippen LogP contribution in [0.25, 0.3) is 11.3 Å². The minimum absolute atomic E-state index is 0.0164. The lowest BCUT2D eigenvalue weighted by molar-refractivity contribution is -0.113. The molecule has 3 rings (SSSR count). The number of amides is 1. The van der Waals surface area contributed by atoms with Gasteiger partial charge in [-0.2, -0.15) is 0 Å². The molecule has 5 nitrogen and oxygen atoms in total. The van der Waals surface area contributed by atoms with Crippen LogP contribution >= 0.6 is 11.8 Å². The van der Waals surface area contributed by atoms with Gasteiger partial charge >= 0.3 is 0 Å². The first kappa shape index (κ1) is 16.3. The third kappa shape index (κ3) is 4.45. The second-order valence-corrected chi connectivity index (χ2v) is 6.20. The number of hydrogen-bond donors (Lipinski definition) is 1. The van der Waals surface area contributed by atoms with Crippen molar-refractivity contribution in [2.45, 2.75) is 12.7 Å². The van der Waals surface area contributed by atoms with Gasteiger partial charge in [-0.15, -0.1) is 11.8 Å². The van der Waals surface area contributed by atoms with Gasteiger partial charge in [-0.05, 0) is 42.0 Å². The molecule has 0 aliphatic carbocycles. The van der Waals surface area contributed by atoms with Crippen LogP contribution < -0.4 is 5.32 Å². The Balaban J connectivity index is 1.49. The molecule has 0 bridgehead atoms. The summed E-state index contributed by atoms with van der Waals surface area (Å²) in [5.74, 6) is 2.54. The molecule has 122 valence electrons. The quantitative estimate of drug-likeness (QED) is 0.737. The summed E-state index contributed by atoms with van der Waals surface area (Å²) in [7, 11) is 0. The van der Waals surface area contributed by atoms with Gasteiger partial charge in [0.15, 0.2) is 11.7 Å². The monoisotopic (exact) mass is 339 g/mol. The summed E-state index contributed by atoms with van der Waals surface area (Å²) >= 11 is 1.57. The van der Waals surface area contributed by atoms with Crippen molar-refractivity contribution in [3.8, 4) is 11.3 Å². The molecule has 6 heteroatoms. The van der Waals surface area contributed by atoms with Crippen LogP contribution in [0.5, 0.6) is 0 Å². The van der Waals surface area contributed by atoms with Crippen molar-refractivity contribution in [2.75, 3.05) is 11.1 Å². The van der Waals surface area contributed by atoms with Crippen molar-refractivity contribution >= 4 is 23.4 Å². The normalized spacial score (nSPS) is 10.5. The Morgan fingerprint density at radius 1 is 1.17 bits per heavy atom. The van der Waals surface area contributed by atoms with E-state index in [1.54, 1.807) is 30.4 Å². The van der Waals surface area contributed by atoms with E-state index in [2.05, 4.69) is 15.3 Å². The average Bonchev–Trinajstić information content (AvgIpc) is 3.03. The molecule has 0 spiro atoms. The number of aromatic nitrogens is 2. The highest BCUT2D eigenvalue weighted by Gasteiger charge is 2.06. The molecular weight excluding hydrogens is 322 g/mol. The van der Waals surface area contributed by atoms with Crippen LogP contribution in [-0.4, -0.2) is 21.6 Å². The van der Waals surface area contributed by atoms with Gasteiger partial charge < -0.3 is 9.73 Å². The maximum atomic E-state index is 12.0. The summed E-state index contributed by atoms with van der Waals surface area (Å²) in [4.78, 5) is 20.0. The van der Waals surface area contributed by atoms with Crippen molar-refractivity contribution in [1.82, 2.24) is 9.97 Å². The molecule has 2 heterocycles. The first-order chi connectivity index (χ1) is 11.7. The minimum Gasteiger partial charge on any atom is -0.441 e. The molecule has 24 heavy (non-hydrogen) atoms. The lowest BCUT2D eigenvalue weighted by Gasteiger charge is -2.06. The summed E-state index contributed by atoms with van der Waals surface area (Å²) in [6.07, 6.45) is 5.21. The highest BCUT2D eigenvalue weighted by atomic mass is 32.2. The summed E-state index contributed by atoms with van der Waals surface area (Å²) < 4.78 is 5.48. The third-order valence-electron chi connectivity index (χ3n) is 3.33. The number of benzene rings is 1. The highest BCUT2D eigenvalue weighted by Crippen LogP contribution is 2.22. The molecule has 1 N–H and O–H groups in total.